The van der Waals surface area contributed by atoms with Crippen molar-refractivity contribution in [3.8, 4) is 0 Å². The molecule has 1 saturated carbocycles. The van der Waals surface area contributed by atoms with Gasteiger partial charge in [-0.05, 0) is 49.1 Å². The summed E-state index contributed by atoms with van der Waals surface area (Å²) in [6, 6.07) is 4.31. The number of nitrogens with zero attached hydrogens (tertiary/aromatic N) is 4. The van der Waals surface area contributed by atoms with Gasteiger partial charge < -0.3 is 19.9 Å². The highest BCUT2D eigenvalue weighted by molar-refractivity contribution is 14.0. The maximum atomic E-state index is 5.72. The number of nitrogens with one attached hydrogen (secondary N) is 1. The Bertz CT molecular complexity index is 597. The summed E-state index contributed by atoms with van der Waals surface area (Å²) in [6.07, 6.45) is 7.17. The first-order valence-electron chi connectivity index (χ1n) is 10.3. The second-order valence-corrected chi connectivity index (χ2v) is 8.03. The van der Waals surface area contributed by atoms with Crippen LogP contribution in [0, 0.1) is 11.8 Å². The molecule has 1 aromatic heterocycles. The van der Waals surface area contributed by atoms with Gasteiger partial charge in [0.15, 0.2) is 5.96 Å². The van der Waals surface area contributed by atoms with E-state index in [-0.39, 0.29) is 24.0 Å². The lowest BCUT2D eigenvalue weighted by Gasteiger charge is -2.31. The van der Waals surface area contributed by atoms with Crippen LogP contribution in [0.4, 0.5) is 5.82 Å². The number of rotatable bonds is 8. The van der Waals surface area contributed by atoms with E-state index in [2.05, 4.69) is 51.2 Å². The molecule has 1 aromatic rings. The molecule has 3 rings (SSSR count). The summed E-state index contributed by atoms with van der Waals surface area (Å²) in [6.45, 7) is 7.80. The van der Waals surface area contributed by atoms with Crippen LogP contribution in [0.15, 0.2) is 23.3 Å². The summed E-state index contributed by atoms with van der Waals surface area (Å²) in [5.74, 6) is 3.64. The average molecular weight is 501 g/mol. The summed E-state index contributed by atoms with van der Waals surface area (Å²) in [5.41, 5.74) is 1.17. The van der Waals surface area contributed by atoms with Crippen molar-refractivity contribution in [1.82, 2.24) is 15.2 Å². The van der Waals surface area contributed by atoms with Gasteiger partial charge in [-0.1, -0.05) is 13.0 Å². The number of likely N-dealkylation sites (N-methyl/N-ethyl adjacent to an activating group) is 1. The van der Waals surface area contributed by atoms with Gasteiger partial charge in [0.05, 0.1) is 6.61 Å². The van der Waals surface area contributed by atoms with Gasteiger partial charge in [-0.25, -0.2) is 4.98 Å². The topological polar surface area (TPSA) is 53.0 Å². The summed E-state index contributed by atoms with van der Waals surface area (Å²) < 4.78 is 5.72. The van der Waals surface area contributed by atoms with E-state index in [0.717, 1.165) is 63.0 Å². The van der Waals surface area contributed by atoms with Crippen molar-refractivity contribution in [3.05, 3.63) is 23.9 Å². The standard InChI is InChI=1S/C21H35N5O.HI/c1-17-8-10-26(11-9-17)20-7-6-19(14-23-20)15-24-21(22-2)25(3)12-13-27-16-18-4-5-18;/h6-7,14,17-18H,4-5,8-13,15-16H2,1-3H3,(H,22,24);1H. The number of hydrogen-bond donors (Lipinski definition) is 1. The van der Waals surface area contributed by atoms with Crippen molar-refractivity contribution >= 4 is 35.8 Å². The molecule has 0 atom stereocenters. The summed E-state index contributed by atoms with van der Waals surface area (Å²) in [4.78, 5) is 13.6. The van der Waals surface area contributed by atoms with Gasteiger partial charge in [0.2, 0.25) is 0 Å². The molecular weight excluding hydrogens is 465 g/mol. The number of ether oxygens (including phenoxy) is 1. The van der Waals surface area contributed by atoms with E-state index in [1.165, 1.54) is 31.2 Å². The Balaban J connectivity index is 0.00000280. The molecule has 1 N–H and O–H groups in total. The fourth-order valence-electron chi connectivity index (χ4n) is 3.35. The monoisotopic (exact) mass is 501 g/mol. The van der Waals surface area contributed by atoms with E-state index in [0.29, 0.717) is 0 Å². The summed E-state index contributed by atoms with van der Waals surface area (Å²) in [7, 11) is 3.87. The predicted molar refractivity (Wildman–Crippen MR) is 127 cm³/mol. The fourth-order valence-corrected chi connectivity index (χ4v) is 3.35. The van der Waals surface area contributed by atoms with Crippen molar-refractivity contribution in [1.29, 1.82) is 0 Å². The van der Waals surface area contributed by atoms with E-state index in [9.17, 15) is 0 Å². The average Bonchev–Trinajstić information content (AvgIpc) is 3.51. The molecule has 0 aromatic carbocycles. The van der Waals surface area contributed by atoms with E-state index >= 15 is 0 Å². The van der Waals surface area contributed by atoms with Gasteiger partial charge in [0.1, 0.15) is 5.82 Å². The molecule has 1 saturated heterocycles. The van der Waals surface area contributed by atoms with Gasteiger partial charge >= 0.3 is 0 Å². The number of halogens is 1. The van der Waals surface area contributed by atoms with Crippen molar-refractivity contribution in [2.45, 2.75) is 39.2 Å². The Labute approximate surface area is 187 Å². The zero-order valence-electron chi connectivity index (χ0n) is 17.6. The third-order valence-corrected chi connectivity index (χ3v) is 5.56. The SMILES string of the molecule is CN=C(NCc1ccc(N2CCC(C)CC2)nc1)N(C)CCOCC1CC1.I. The highest BCUT2D eigenvalue weighted by Crippen LogP contribution is 2.28. The largest absolute Gasteiger partial charge is 0.379 e. The van der Waals surface area contributed by atoms with Crippen LogP contribution in [0.2, 0.25) is 0 Å². The lowest BCUT2D eigenvalue weighted by Crippen LogP contribution is -2.40. The Morgan fingerprint density at radius 1 is 1.29 bits per heavy atom. The summed E-state index contributed by atoms with van der Waals surface area (Å²) in [5, 5.41) is 3.42. The molecule has 2 fully saturated rings. The Kier molecular flexibility index (Phi) is 9.77. The van der Waals surface area contributed by atoms with Crippen LogP contribution < -0.4 is 10.2 Å². The van der Waals surface area contributed by atoms with E-state index in [1.54, 1.807) is 0 Å². The lowest BCUT2D eigenvalue weighted by atomic mass is 9.99. The number of aliphatic imine (C=N–C) groups is 1. The van der Waals surface area contributed by atoms with Gasteiger partial charge in [-0.3, -0.25) is 4.99 Å². The first-order chi connectivity index (χ1) is 13.2. The second kappa shape index (κ2) is 11.8. The molecule has 0 radical (unpaired) electrons. The van der Waals surface area contributed by atoms with Crippen molar-refractivity contribution in [2.24, 2.45) is 16.8 Å². The number of piperidine rings is 1. The number of pyridine rings is 1. The molecule has 2 heterocycles. The highest BCUT2D eigenvalue weighted by Gasteiger charge is 2.21. The molecule has 1 aliphatic carbocycles. The Hall–Kier alpha value is -1.09. The van der Waals surface area contributed by atoms with Crippen LogP contribution in [-0.2, 0) is 11.3 Å². The number of aromatic nitrogens is 1. The van der Waals surface area contributed by atoms with Crippen LogP contribution in [0.3, 0.4) is 0 Å². The molecule has 28 heavy (non-hydrogen) atoms. The van der Waals surface area contributed by atoms with Crippen molar-refractivity contribution in [2.75, 3.05) is 51.8 Å². The second-order valence-electron chi connectivity index (χ2n) is 8.03. The number of guanidine groups is 1. The maximum absolute atomic E-state index is 5.72. The molecule has 1 aliphatic heterocycles. The Morgan fingerprint density at radius 3 is 2.64 bits per heavy atom. The minimum atomic E-state index is 0. The Morgan fingerprint density at radius 2 is 2.04 bits per heavy atom. The van der Waals surface area contributed by atoms with E-state index in [4.69, 9.17) is 4.74 Å². The molecular formula is C21H36IN5O. The minimum absolute atomic E-state index is 0. The van der Waals surface area contributed by atoms with Crippen molar-refractivity contribution in [3.63, 3.8) is 0 Å². The molecule has 0 amide bonds. The third kappa shape index (κ3) is 7.39. The molecule has 7 heteroatoms. The third-order valence-electron chi connectivity index (χ3n) is 5.56. The van der Waals surface area contributed by atoms with Crippen molar-refractivity contribution < 1.29 is 4.74 Å². The summed E-state index contributed by atoms with van der Waals surface area (Å²) >= 11 is 0. The van der Waals surface area contributed by atoms with Gasteiger partial charge in [0.25, 0.3) is 0 Å². The van der Waals surface area contributed by atoms with Crippen LogP contribution in [-0.4, -0.2) is 62.8 Å². The number of anilines is 1. The van der Waals surface area contributed by atoms with E-state index in [1.807, 2.05) is 13.2 Å². The maximum Gasteiger partial charge on any atom is 0.193 e. The normalized spacial score (nSPS) is 18.0. The van der Waals surface area contributed by atoms with E-state index < -0.39 is 0 Å². The van der Waals surface area contributed by atoms with Crippen LogP contribution in [0.25, 0.3) is 0 Å². The molecule has 0 spiro atoms. The fraction of sp³-hybridized carbons (Fsp3) is 0.714. The van der Waals surface area contributed by atoms with Crippen LogP contribution in [0.1, 0.15) is 38.2 Å². The minimum Gasteiger partial charge on any atom is -0.379 e. The lowest BCUT2D eigenvalue weighted by molar-refractivity contribution is 0.115. The predicted octanol–water partition coefficient (Wildman–Crippen LogP) is 3.37. The first kappa shape index (κ1) is 23.2. The smallest absolute Gasteiger partial charge is 0.193 e. The quantitative estimate of drug-likeness (QED) is 0.256. The molecule has 6 nitrogen and oxygen atoms in total. The first-order valence-corrected chi connectivity index (χ1v) is 10.3. The molecule has 0 bridgehead atoms. The molecule has 158 valence electrons. The van der Waals surface area contributed by atoms with Gasteiger partial charge in [-0.15, -0.1) is 24.0 Å². The van der Waals surface area contributed by atoms with Gasteiger partial charge in [0, 0.05) is 53.1 Å². The highest BCUT2D eigenvalue weighted by atomic mass is 127. The zero-order chi connectivity index (χ0) is 19.1. The number of hydrogen-bond acceptors (Lipinski definition) is 4. The van der Waals surface area contributed by atoms with Gasteiger partial charge in [-0.2, -0.15) is 0 Å². The molecule has 0 unspecified atom stereocenters. The molecule has 2 aliphatic rings. The van der Waals surface area contributed by atoms with Crippen LogP contribution >= 0.6 is 24.0 Å². The van der Waals surface area contributed by atoms with Crippen LogP contribution in [0.5, 0.6) is 0 Å². The zero-order valence-corrected chi connectivity index (χ0v) is 19.9.